The van der Waals surface area contributed by atoms with Crippen LogP contribution < -0.4 is 0 Å². The summed E-state index contributed by atoms with van der Waals surface area (Å²) in [5, 5.41) is 5.75. The fraction of sp³-hybridized carbons (Fsp3) is 0.188. The van der Waals surface area contributed by atoms with Crippen molar-refractivity contribution >= 4 is 21.5 Å². The minimum Gasteiger partial charge on any atom is -0.0622 e. The first-order valence-corrected chi connectivity index (χ1v) is 11.7. The zero-order valence-electron chi connectivity index (χ0n) is 19.1. The molecule has 0 heteroatoms. The molecule has 0 fully saturated rings. The average Bonchev–Trinajstić information content (AvgIpc) is 2.85. The van der Waals surface area contributed by atoms with Crippen molar-refractivity contribution in [1.82, 2.24) is 0 Å². The maximum absolute atomic E-state index is 2.37. The fourth-order valence-electron chi connectivity index (χ4n) is 5.10. The molecule has 158 valence electrons. The van der Waals surface area contributed by atoms with Gasteiger partial charge in [-0.15, -0.1) is 0 Å². The van der Waals surface area contributed by atoms with E-state index in [1.54, 1.807) is 0 Å². The molecule has 5 aromatic rings. The SMILES string of the molecule is Cc1ccc2c(CCc3ccccc3)c3ccccc3c(CCc3ccccc3)c2c1C. The summed E-state index contributed by atoms with van der Waals surface area (Å²) in [6.07, 6.45) is 4.25. The van der Waals surface area contributed by atoms with E-state index in [0.29, 0.717) is 0 Å². The van der Waals surface area contributed by atoms with Gasteiger partial charge in [-0.05, 0) is 94.5 Å². The van der Waals surface area contributed by atoms with Crippen LogP contribution in [-0.2, 0) is 25.7 Å². The molecule has 0 aliphatic rings. The molecule has 0 aromatic heterocycles. The standard InChI is InChI=1S/C32H30/c1-23-17-20-30-29(21-18-25-11-5-3-6-12-25)27-15-9-10-16-28(27)31(32(30)24(23)2)22-19-26-13-7-4-8-14-26/h3-17,20H,18-19,21-22H2,1-2H3. The van der Waals surface area contributed by atoms with Crippen molar-refractivity contribution in [3.8, 4) is 0 Å². The first kappa shape index (κ1) is 20.5. The molecule has 0 aliphatic heterocycles. The summed E-state index contributed by atoms with van der Waals surface area (Å²) in [5.74, 6) is 0. The second-order valence-electron chi connectivity index (χ2n) is 8.90. The molecular formula is C32H30. The molecule has 5 aromatic carbocycles. The molecule has 0 radical (unpaired) electrons. The Morgan fingerprint density at radius 2 is 0.938 bits per heavy atom. The highest BCUT2D eigenvalue weighted by Crippen LogP contribution is 2.37. The van der Waals surface area contributed by atoms with Crippen LogP contribution in [0, 0.1) is 13.8 Å². The van der Waals surface area contributed by atoms with Crippen LogP contribution in [0.15, 0.2) is 97.1 Å². The Balaban J connectivity index is 1.68. The summed E-state index contributed by atoms with van der Waals surface area (Å²) < 4.78 is 0. The summed E-state index contributed by atoms with van der Waals surface area (Å²) in [6, 6.07) is 35.5. The second-order valence-corrected chi connectivity index (χ2v) is 8.90. The zero-order chi connectivity index (χ0) is 21.9. The summed E-state index contributed by atoms with van der Waals surface area (Å²) in [5.41, 5.74) is 8.61. The Bertz CT molecular complexity index is 1360. The first-order chi connectivity index (χ1) is 15.7. The molecular weight excluding hydrogens is 384 g/mol. The van der Waals surface area contributed by atoms with E-state index in [0.717, 1.165) is 25.7 Å². The topological polar surface area (TPSA) is 0 Å². The molecule has 5 rings (SSSR count). The lowest BCUT2D eigenvalue weighted by molar-refractivity contribution is 0.965. The molecule has 0 atom stereocenters. The molecule has 32 heavy (non-hydrogen) atoms. The fourth-order valence-corrected chi connectivity index (χ4v) is 5.10. The minimum atomic E-state index is 1.06. The number of hydrogen-bond acceptors (Lipinski definition) is 0. The van der Waals surface area contributed by atoms with Crippen molar-refractivity contribution < 1.29 is 0 Å². The Morgan fingerprint density at radius 1 is 0.438 bits per heavy atom. The van der Waals surface area contributed by atoms with Crippen LogP contribution in [-0.4, -0.2) is 0 Å². The van der Waals surface area contributed by atoms with Gasteiger partial charge in [0.2, 0.25) is 0 Å². The number of benzene rings is 5. The molecule has 0 bridgehead atoms. The van der Waals surface area contributed by atoms with Crippen molar-refractivity contribution in [3.63, 3.8) is 0 Å². The largest absolute Gasteiger partial charge is 0.0622 e. The lowest BCUT2D eigenvalue weighted by Crippen LogP contribution is -2.02. The molecule has 0 saturated carbocycles. The lowest BCUT2D eigenvalue weighted by atomic mass is 9.84. The van der Waals surface area contributed by atoms with Crippen molar-refractivity contribution in [2.75, 3.05) is 0 Å². The first-order valence-electron chi connectivity index (χ1n) is 11.7. The van der Waals surface area contributed by atoms with Gasteiger partial charge in [-0.25, -0.2) is 0 Å². The van der Waals surface area contributed by atoms with E-state index >= 15 is 0 Å². The van der Waals surface area contributed by atoms with Crippen LogP contribution in [0.5, 0.6) is 0 Å². The number of fused-ring (bicyclic) bond motifs is 2. The third-order valence-corrected chi connectivity index (χ3v) is 6.95. The summed E-state index contributed by atoms with van der Waals surface area (Å²) >= 11 is 0. The lowest BCUT2D eigenvalue weighted by Gasteiger charge is -2.20. The molecule has 0 aliphatic carbocycles. The van der Waals surface area contributed by atoms with E-state index in [2.05, 4.69) is 111 Å². The van der Waals surface area contributed by atoms with Gasteiger partial charge in [0.1, 0.15) is 0 Å². The minimum absolute atomic E-state index is 1.06. The van der Waals surface area contributed by atoms with E-state index < -0.39 is 0 Å². The van der Waals surface area contributed by atoms with Crippen LogP contribution in [0.3, 0.4) is 0 Å². The van der Waals surface area contributed by atoms with Gasteiger partial charge >= 0.3 is 0 Å². The molecule has 0 spiro atoms. The van der Waals surface area contributed by atoms with E-state index in [9.17, 15) is 0 Å². The summed E-state index contributed by atoms with van der Waals surface area (Å²) in [4.78, 5) is 0. The van der Waals surface area contributed by atoms with Crippen molar-refractivity contribution in [1.29, 1.82) is 0 Å². The smallest absolute Gasteiger partial charge is 0.0111 e. The van der Waals surface area contributed by atoms with Crippen molar-refractivity contribution in [2.45, 2.75) is 39.5 Å². The van der Waals surface area contributed by atoms with Crippen LogP contribution >= 0.6 is 0 Å². The quantitative estimate of drug-likeness (QED) is 0.246. The van der Waals surface area contributed by atoms with Gasteiger partial charge in [-0.2, -0.15) is 0 Å². The van der Waals surface area contributed by atoms with E-state index in [1.165, 1.54) is 54.9 Å². The highest BCUT2D eigenvalue weighted by Gasteiger charge is 2.16. The van der Waals surface area contributed by atoms with Gasteiger partial charge in [0.25, 0.3) is 0 Å². The molecule has 0 saturated heterocycles. The Labute approximate surface area is 191 Å². The second kappa shape index (κ2) is 9.01. The van der Waals surface area contributed by atoms with Crippen LogP contribution in [0.2, 0.25) is 0 Å². The number of rotatable bonds is 6. The molecule has 0 heterocycles. The van der Waals surface area contributed by atoms with Crippen molar-refractivity contribution in [3.05, 3.63) is 130 Å². The van der Waals surface area contributed by atoms with Crippen LogP contribution in [0.4, 0.5) is 0 Å². The number of aryl methyl sites for hydroxylation is 6. The number of hydrogen-bond donors (Lipinski definition) is 0. The zero-order valence-corrected chi connectivity index (χ0v) is 19.1. The Kier molecular flexibility index (Phi) is 5.77. The van der Waals surface area contributed by atoms with E-state index in [-0.39, 0.29) is 0 Å². The van der Waals surface area contributed by atoms with E-state index in [1.807, 2.05) is 0 Å². The van der Waals surface area contributed by atoms with Gasteiger partial charge in [0.15, 0.2) is 0 Å². The summed E-state index contributed by atoms with van der Waals surface area (Å²) in [6.45, 7) is 4.55. The maximum atomic E-state index is 2.37. The highest BCUT2D eigenvalue weighted by atomic mass is 14.2. The van der Waals surface area contributed by atoms with Gasteiger partial charge < -0.3 is 0 Å². The van der Waals surface area contributed by atoms with E-state index in [4.69, 9.17) is 0 Å². The Hall–Kier alpha value is -3.38. The molecule has 0 nitrogen and oxygen atoms in total. The van der Waals surface area contributed by atoms with Gasteiger partial charge in [0, 0.05) is 0 Å². The molecule has 0 amide bonds. The molecule has 0 N–H and O–H groups in total. The third kappa shape index (κ3) is 3.94. The van der Waals surface area contributed by atoms with Crippen LogP contribution in [0.25, 0.3) is 21.5 Å². The van der Waals surface area contributed by atoms with Crippen molar-refractivity contribution in [2.24, 2.45) is 0 Å². The Morgan fingerprint density at radius 3 is 1.53 bits per heavy atom. The van der Waals surface area contributed by atoms with Crippen LogP contribution in [0.1, 0.15) is 33.4 Å². The predicted octanol–water partition coefficient (Wildman–Crippen LogP) is 8.18. The predicted molar refractivity (Wildman–Crippen MR) is 139 cm³/mol. The van der Waals surface area contributed by atoms with Gasteiger partial charge in [-0.1, -0.05) is 97.1 Å². The maximum Gasteiger partial charge on any atom is -0.0111 e. The average molecular weight is 415 g/mol. The highest BCUT2D eigenvalue weighted by molar-refractivity contribution is 6.07. The van der Waals surface area contributed by atoms with Gasteiger partial charge in [0.05, 0.1) is 0 Å². The third-order valence-electron chi connectivity index (χ3n) is 6.95. The normalized spacial score (nSPS) is 11.3. The summed E-state index contributed by atoms with van der Waals surface area (Å²) in [7, 11) is 0. The van der Waals surface area contributed by atoms with Gasteiger partial charge in [-0.3, -0.25) is 0 Å². The monoisotopic (exact) mass is 414 g/mol. The molecule has 0 unspecified atom stereocenters.